The Balaban J connectivity index is 3.15. The summed E-state index contributed by atoms with van der Waals surface area (Å²) in [5.74, 6) is -1.16. The zero-order chi connectivity index (χ0) is 11.6. The van der Waals surface area contributed by atoms with Crippen molar-refractivity contribution in [3.05, 3.63) is 26.4 Å². The largest absolute Gasteiger partial charge is 0.467 e. The van der Waals surface area contributed by atoms with Crippen molar-refractivity contribution >= 4 is 17.3 Å². The minimum Gasteiger partial charge on any atom is -0.358 e. The van der Waals surface area contributed by atoms with Crippen molar-refractivity contribution in [2.75, 3.05) is 0 Å². The van der Waals surface area contributed by atoms with Crippen LogP contribution in [0.3, 0.4) is 0 Å². The molecule has 0 aliphatic carbocycles. The summed E-state index contributed by atoms with van der Waals surface area (Å²) in [5, 5.41) is 24.1. The van der Waals surface area contributed by atoms with Gasteiger partial charge in [0.1, 0.15) is 12.7 Å². The van der Waals surface area contributed by atoms with E-state index in [2.05, 4.69) is 5.10 Å². The molecule has 9 nitrogen and oxygen atoms in total. The van der Waals surface area contributed by atoms with Crippen molar-refractivity contribution in [1.82, 2.24) is 9.78 Å². The molecule has 0 saturated carbocycles. The summed E-state index contributed by atoms with van der Waals surface area (Å²) in [5.41, 5.74) is -0.721. The lowest BCUT2D eigenvalue weighted by atomic mass is 10.4. The van der Waals surface area contributed by atoms with Crippen molar-refractivity contribution < 1.29 is 14.6 Å². The summed E-state index contributed by atoms with van der Waals surface area (Å²) in [7, 11) is 0. The zero-order valence-corrected chi connectivity index (χ0v) is 7.61. The number of aromatic nitrogens is 2. The van der Waals surface area contributed by atoms with E-state index < -0.39 is 21.4 Å². The van der Waals surface area contributed by atoms with E-state index in [-0.39, 0.29) is 12.3 Å². The van der Waals surface area contributed by atoms with Gasteiger partial charge in [0.2, 0.25) is 0 Å². The summed E-state index contributed by atoms with van der Waals surface area (Å²) < 4.78 is 0.874. The summed E-state index contributed by atoms with van der Waals surface area (Å²) in [6.45, 7) is 1.02. The van der Waals surface area contributed by atoms with Gasteiger partial charge in [-0.3, -0.25) is 14.9 Å². The molecule has 0 fully saturated rings. The number of hydrogen-bond acceptors (Lipinski definition) is 6. The summed E-state index contributed by atoms with van der Waals surface area (Å²) in [4.78, 5) is 29.5. The average molecular weight is 214 g/mol. The number of carbonyl (C=O) groups excluding carboxylic acids is 1. The van der Waals surface area contributed by atoms with Crippen LogP contribution in [0.25, 0.3) is 0 Å². The Hall–Kier alpha value is -2.32. The molecule has 0 atom stereocenters. The van der Waals surface area contributed by atoms with Gasteiger partial charge in [-0.25, -0.2) is 0 Å². The minimum absolute atomic E-state index is 0.228. The highest BCUT2D eigenvalue weighted by atomic mass is 16.6. The molecule has 15 heavy (non-hydrogen) atoms. The molecular formula is C6H6N4O5. The van der Waals surface area contributed by atoms with E-state index in [1.165, 1.54) is 6.92 Å². The van der Waals surface area contributed by atoms with E-state index in [0.29, 0.717) is 0 Å². The Morgan fingerprint density at radius 3 is 2.40 bits per heavy atom. The van der Waals surface area contributed by atoms with Gasteiger partial charge >= 0.3 is 11.5 Å². The van der Waals surface area contributed by atoms with Crippen LogP contribution in [0.15, 0.2) is 6.20 Å². The van der Waals surface area contributed by atoms with Gasteiger partial charge in [0, 0.05) is 0 Å². The maximum atomic E-state index is 10.7. The molecule has 1 aromatic rings. The smallest absolute Gasteiger partial charge is 0.358 e. The first kappa shape index (κ1) is 10.8. The SMILES string of the molecule is CC(=O)Cn1cc([N+](=O)[O-])c([N+](=O)[O-])n1. The second-order valence-electron chi connectivity index (χ2n) is 2.75. The normalized spacial score (nSPS) is 9.93. The Kier molecular flexibility index (Phi) is 2.74. The first-order valence-corrected chi connectivity index (χ1v) is 3.77. The van der Waals surface area contributed by atoms with E-state index >= 15 is 0 Å². The molecule has 80 valence electrons. The molecule has 0 aromatic carbocycles. The lowest BCUT2D eigenvalue weighted by molar-refractivity contribution is -0.424. The van der Waals surface area contributed by atoms with Gasteiger partial charge in [-0.15, -0.1) is 0 Å². The van der Waals surface area contributed by atoms with Crippen molar-refractivity contribution in [1.29, 1.82) is 0 Å². The van der Waals surface area contributed by atoms with Crippen molar-refractivity contribution in [3.63, 3.8) is 0 Å². The predicted molar refractivity (Wildman–Crippen MR) is 46.2 cm³/mol. The Morgan fingerprint density at radius 1 is 1.47 bits per heavy atom. The van der Waals surface area contributed by atoms with Crippen molar-refractivity contribution in [2.24, 2.45) is 0 Å². The van der Waals surface area contributed by atoms with Crippen LogP contribution in [-0.4, -0.2) is 25.4 Å². The second-order valence-corrected chi connectivity index (χ2v) is 2.75. The number of Topliss-reactive ketones (excluding diaryl/α,β-unsaturated/α-hetero) is 1. The maximum absolute atomic E-state index is 10.7. The van der Waals surface area contributed by atoms with Crippen LogP contribution in [0.1, 0.15) is 6.92 Å². The standard InChI is InChI=1S/C6H6N4O5/c1-4(11)2-8-3-5(9(12)13)6(7-8)10(14)15/h3H,2H2,1H3. The van der Waals surface area contributed by atoms with E-state index in [1.807, 2.05) is 0 Å². The predicted octanol–water partition coefficient (Wildman–Crippen LogP) is 0.288. The zero-order valence-electron chi connectivity index (χ0n) is 7.61. The van der Waals surface area contributed by atoms with Crippen LogP contribution in [0.5, 0.6) is 0 Å². The molecule has 1 rings (SSSR count). The molecule has 1 heterocycles. The third-order valence-electron chi connectivity index (χ3n) is 1.48. The molecule has 1 aromatic heterocycles. The fourth-order valence-electron chi connectivity index (χ4n) is 0.969. The van der Waals surface area contributed by atoms with Gasteiger partial charge < -0.3 is 10.1 Å². The van der Waals surface area contributed by atoms with Crippen LogP contribution in [0.2, 0.25) is 0 Å². The minimum atomic E-state index is -0.964. The Bertz CT molecular complexity index is 405. The molecule has 0 N–H and O–H groups in total. The topological polar surface area (TPSA) is 121 Å². The third kappa shape index (κ3) is 2.33. The van der Waals surface area contributed by atoms with E-state index in [1.54, 1.807) is 0 Å². The molecule has 0 amide bonds. The molecule has 0 saturated heterocycles. The number of nitrogens with zero attached hydrogens (tertiary/aromatic N) is 4. The maximum Gasteiger partial charge on any atom is 0.467 e. The molecule has 0 aliphatic heterocycles. The van der Waals surface area contributed by atoms with Gasteiger partial charge in [-0.05, 0) is 11.8 Å². The lowest BCUT2D eigenvalue weighted by Gasteiger charge is -1.87. The van der Waals surface area contributed by atoms with E-state index in [9.17, 15) is 25.0 Å². The molecular weight excluding hydrogens is 208 g/mol. The number of carbonyl (C=O) groups is 1. The lowest BCUT2D eigenvalue weighted by Crippen LogP contribution is -2.06. The molecule has 0 radical (unpaired) electrons. The molecule has 0 bridgehead atoms. The highest BCUT2D eigenvalue weighted by molar-refractivity contribution is 5.75. The second kappa shape index (κ2) is 3.82. The number of nitro groups is 2. The Labute approximate surface area is 82.6 Å². The molecule has 0 spiro atoms. The third-order valence-corrected chi connectivity index (χ3v) is 1.48. The highest BCUT2D eigenvalue weighted by Crippen LogP contribution is 2.23. The monoisotopic (exact) mass is 214 g/mol. The van der Waals surface area contributed by atoms with E-state index in [0.717, 1.165) is 10.9 Å². The van der Waals surface area contributed by atoms with Gasteiger partial charge in [-0.1, -0.05) is 0 Å². The number of hydrogen-bond donors (Lipinski definition) is 0. The molecule has 9 heteroatoms. The Morgan fingerprint density at radius 2 is 2.07 bits per heavy atom. The van der Waals surface area contributed by atoms with Crippen LogP contribution in [0, 0.1) is 20.2 Å². The van der Waals surface area contributed by atoms with Gasteiger partial charge in [0.05, 0.1) is 10.0 Å². The van der Waals surface area contributed by atoms with Crippen LogP contribution < -0.4 is 0 Å². The van der Waals surface area contributed by atoms with Gasteiger partial charge in [-0.2, -0.15) is 4.68 Å². The highest BCUT2D eigenvalue weighted by Gasteiger charge is 2.30. The van der Waals surface area contributed by atoms with Crippen molar-refractivity contribution in [3.8, 4) is 0 Å². The van der Waals surface area contributed by atoms with Crippen LogP contribution in [-0.2, 0) is 11.3 Å². The van der Waals surface area contributed by atoms with Crippen LogP contribution >= 0.6 is 0 Å². The fraction of sp³-hybridized carbons (Fsp3) is 0.333. The van der Waals surface area contributed by atoms with Crippen LogP contribution in [0.4, 0.5) is 11.5 Å². The summed E-state index contributed by atoms with van der Waals surface area (Å²) >= 11 is 0. The van der Waals surface area contributed by atoms with Gasteiger partial charge in [0.15, 0.2) is 5.78 Å². The first-order chi connectivity index (χ1) is 6.91. The quantitative estimate of drug-likeness (QED) is 0.524. The van der Waals surface area contributed by atoms with Crippen molar-refractivity contribution in [2.45, 2.75) is 13.5 Å². The average Bonchev–Trinajstić information content (AvgIpc) is 2.46. The van der Waals surface area contributed by atoms with E-state index in [4.69, 9.17) is 0 Å². The fourth-order valence-corrected chi connectivity index (χ4v) is 0.969. The molecule has 0 unspecified atom stereocenters. The summed E-state index contributed by atoms with van der Waals surface area (Å²) in [6.07, 6.45) is 0.861. The number of rotatable bonds is 4. The first-order valence-electron chi connectivity index (χ1n) is 3.77. The number of ketones is 1. The molecule has 0 aliphatic rings. The van der Waals surface area contributed by atoms with Gasteiger partial charge in [0.25, 0.3) is 0 Å². The summed E-state index contributed by atoms with van der Waals surface area (Å²) in [6, 6.07) is 0.